The minimum atomic E-state index is -0.578. The lowest BCUT2D eigenvalue weighted by atomic mass is 10.0. The lowest BCUT2D eigenvalue weighted by Crippen LogP contribution is -2.33. The van der Waals surface area contributed by atoms with Crippen LogP contribution < -0.4 is 0 Å². The van der Waals surface area contributed by atoms with Gasteiger partial charge in [0.1, 0.15) is 5.60 Å². The predicted molar refractivity (Wildman–Crippen MR) is 90.1 cm³/mol. The van der Waals surface area contributed by atoms with Gasteiger partial charge in [-0.25, -0.2) is 9.78 Å². The van der Waals surface area contributed by atoms with Crippen molar-refractivity contribution in [3.8, 4) is 11.1 Å². The third-order valence-electron chi connectivity index (χ3n) is 3.71. The molecule has 0 fully saturated rings. The Hall–Kier alpha value is -2.14. The van der Waals surface area contributed by atoms with E-state index in [4.69, 9.17) is 16.3 Å². The number of nitrogens with zero attached hydrogens (tertiary/aromatic N) is 2. The molecule has 0 saturated heterocycles. The van der Waals surface area contributed by atoms with Crippen LogP contribution in [-0.2, 0) is 17.8 Å². The molecule has 1 aliphatic heterocycles. The van der Waals surface area contributed by atoms with Crippen molar-refractivity contribution in [3.63, 3.8) is 0 Å². The summed E-state index contributed by atoms with van der Waals surface area (Å²) in [6, 6.07) is 7.05. The lowest BCUT2D eigenvalue weighted by molar-refractivity contribution is 0.0242. The van der Waals surface area contributed by atoms with E-state index in [1.807, 2.05) is 39.0 Å². The van der Waals surface area contributed by atoms with Crippen molar-refractivity contribution in [3.05, 3.63) is 52.6 Å². The molecule has 0 bridgehead atoms. The summed E-state index contributed by atoms with van der Waals surface area (Å²) in [4.78, 5) is 17.4. The van der Waals surface area contributed by atoms with Gasteiger partial charge < -0.3 is 4.74 Å². The highest BCUT2D eigenvalue weighted by molar-refractivity contribution is 6.33. The molecule has 3 rings (SSSR count). The maximum atomic E-state index is 13.4. The molecule has 4 nitrogen and oxygen atoms in total. The summed E-state index contributed by atoms with van der Waals surface area (Å²) < 4.78 is 18.8. The van der Waals surface area contributed by atoms with Crippen LogP contribution in [0, 0.1) is 5.95 Å². The number of aromatic nitrogens is 1. The summed E-state index contributed by atoms with van der Waals surface area (Å²) in [5.41, 5.74) is 2.91. The van der Waals surface area contributed by atoms with Crippen molar-refractivity contribution in [1.29, 1.82) is 0 Å². The van der Waals surface area contributed by atoms with E-state index in [0.29, 0.717) is 23.7 Å². The highest BCUT2D eigenvalue weighted by Crippen LogP contribution is 2.32. The van der Waals surface area contributed by atoms with E-state index >= 15 is 0 Å². The Labute approximate surface area is 145 Å². The second-order valence-corrected chi connectivity index (χ2v) is 7.21. The molecule has 2 heterocycles. The average Bonchev–Trinajstić information content (AvgIpc) is 2.91. The van der Waals surface area contributed by atoms with Crippen LogP contribution >= 0.6 is 11.6 Å². The second-order valence-electron chi connectivity index (χ2n) is 6.81. The molecule has 0 N–H and O–H groups in total. The van der Waals surface area contributed by atoms with Crippen molar-refractivity contribution in [2.45, 2.75) is 39.5 Å². The minimum absolute atomic E-state index is 0.340. The van der Waals surface area contributed by atoms with Gasteiger partial charge in [0.25, 0.3) is 0 Å². The highest BCUT2D eigenvalue weighted by Gasteiger charge is 2.28. The van der Waals surface area contributed by atoms with Crippen LogP contribution in [0.3, 0.4) is 0 Å². The van der Waals surface area contributed by atoms with Gasteiger partial charge >= 0.3 is 6.09 Å². The smallest absolute Gasteiger partial charge is 0.410 e. The highest BCUT2D eigenvalue weighted by atomic mass is 35.5. The minimum Gasteiger partial charge on any atom is -0.444 e. The van der Waals surface area contributed by atoms with Crippen LogP contribution in [0.25, 0.3) is 11.1 Å². The maximum Gasteiger partial charge on any atom is 0.410 e. The van der Waals surface area contributed by atoms with Crippen LogP contribution in [0.5, 0.6) is 0 Å². The fourth-order valence-electron chi connectivity index (χ4n) is 2.65. The number of rotatable bonds is 1. The fraction of sp³-hybridized carbons (Fsp3) is 0.333. The van der Waals surface area contributed by atoms with Crippen molar-refractivity contribution in [1.82, 2.24) is 9.88 Å². The molecular formula is C18H18ClFN2O2. The van der Waals surface area contributed by atoms with Gasteiger partial charge in [0.15, 0.2) is 0 Å². The van der Waals surface area contributed by atoms with Gasteiger partial charge in [0.2, 0.25) is 5.95 Å². The molecule has 6 heteroatoms. The molecule has 1 aromatic carbocycles. The summed E-state index contributed by atoms with van der Waals surface area (Å²) in [7, 11) is 0. The third kappa shape index (κ3) is 3.51. The molecule has 1 aliphatic rings. The Morgan fingerprint density at radius 2 is 1.96 bits per heavy atom. The van der Waals surface area contributed by atoms with Crippen LogP contribution in [0.15, 0.2) is 30.5 Å². The maximum absolute atomic E-state index is 13.4. The third-order valence-corrected chi connectivity index (χ3v) is 4.01. The number of halogens is 2. The van der Waals surface area contributed by atoms with Gasteiger partial charge in [-0.1, -0.05) is 23.7 Å². The summed E-state index contributed by atoms with van der Waals surface area (Å²) >= 11 is 6.12. The van der Waals surface area contributed by atoms with E-state index in [2.05, 4.69) is 4.98 Å². The van der Waals surface area contributed by atoms with Gasteiger partial charge in [0.05, 0.1) is 5.02 Å². The molecule has 24 heavy (non-hydrogen) atoms. The number of hydrogen-bond acceptors (Lipinski definition) is 3. The molecule has 0 unspecified atom stereocenters. The summed E-state index contributed by atoms with van der Waals surface area (Å²) in [5.74, 6) is -0.578. The Bertz CT molecular complexity index is 802. The molecule has 1 aromatic heterocycles. The van der Waals surface area contributed by atoms with Gasteiger partial charge in [0, 0.05) is 30.9 Å². The molecule has 0 spiro atoms. The predicted octanol–water partition coefficient (Wildman–Crippen LogP) is 4.79. The van der Waals surface area contributed by atoms with Crippen molar-refractivity contribution >= 4 is 17.7 Å². The van der Waals surface area contributed by atoms with Gasteiger partial charge in [-0.2, -0.15) is 4.39 Å². The zero-order chi connectivity index (χ0) is 17.5. The number of amides is 1. The largest absolute Gasteiger partial charge is 0.444 e. The number of fused-ring (bicyclic) bond motifs is 1. The second kappa shape index (κ2) is 6.06. The molecule has 1 amide bonds. The average molecular weight is 349 g/mol. The van der Waals surface area contributed by atoms with E-state index in [0.717, 1.165) is 16.7 Å². The topological polar surface area (TPSA) is 42.4 Å². The first kappa shape index (κ1) is 16.7. The van der Waals surface area contributed by atoms with Crippen LogP contribution in [0.1, 0.15) is 31.9 Å². The van der Waals surface area contributed by atoms with Gasteiger partial charge in [-0.3, -0.25) is 4.90 Å². The normalized spacial score (nSPS) is 13.8. The van der Waals surface area contributed by atoms with E-state index < -0.39 is 11.5 Å². The van der Waals surface area contributed by atoms with Crippen LogP contribution in [0.4, 0.5) is 9.18 Å². The summed E-state index contributed by atoms with van der Waals surface area (Å²) in [5, 5.41) is 0.387. The summed E-state index contributed by atoms with van der Waals surface area (Å²) in [6.45, 7) is 6.48. The quantitative estimate of drug-likeness (QED) is 0.696. The van der Waals surface area contributed by atoms with Crippen molar-refractivity contribution < 1.29 is 13.9 Å². The molecule has 0 saturated carbocycles. The van der Waals surface area contributed by atoms with Crippen LogP contribution in [0.2, 0.25) is 5.02 Å². The number of benzene rings is 1. The van der Waals surface area contributed by atoms with E-state index in [-0.39, 0.29) is 6.09 Å². The van der Waals surface area contributed by atoms with Crippen molar-refractivity contribution in [2.24, 2.45) is 0 Å². The summed E-state index contributed by atoms with van der Waals surface area (Å²) in [6.07, 6.45) is 0.958. The number of carbonyl (C=O) groups is 1. The van der Waals surface area contributed by atoms with E-state index in [9.17, 15) is 9.18 Å². The number of hydrogen-bond donors (Lipinski definition) is 0. The molecular weight excluding hydrogens is 331 g/mol. The fourth-order valence-corrected chi connectivity index (χ4v) is 2.86. The van der Waals surface area contributed by atoms with Crippen LogP contribution in [-0.4, -0.2) is 21.6 Å². The first-order valence-corrected chi connectivity index (χ1v) is 8.02. The van der Waals surface area contributed by atoms with Crippen molar-refractivity contribution in [2.75, 3.05) is 0 Å². The Balaban J connectivity index is 1.84. The number of pyridine rings is 1. The first-order valence-electron chi connectivity index (χ1n) is 7.64. The zero-order valence-electron chi connectivity index (χ0n) is 13.8. The first-order chi connectivity index (χ1) is 11.2. The monoisotopic (exact) mass is 348 g/mol. The molecule has 0 aliphatic carbocycles. The van der Waals surface area contributed by atoms with Gasteiger partial charge in [-0.05, 0) is 43.5 Å². The molecule has 126 valence electrons. The Morgan fingerprint density at radius 1 is 1.25 bits per heavy atom. The standard InChI is InChI=1S/C18H18ClFN2O2/c1-18(2,3)24-17(23)22-9-12-5-4-11(6-13(12)10-22)14-7-16(20)21-8-15(14)19/h4-8H,9-10H2,1-3H3. The van der Waals surface area contributed by atoms with E-state index in [1.165, 1.54) is 12.3 Å². The SMILES string of the molecule is CC(C)(C)OC(=O)N1Cc2ccc(-c3cc(F)ncc3Cl)cc2C1. The van der Waals surface area contributed by atoms with E-state index in [1.54, 1.807) is 4.90 Å². The molecule has 0 radical (unpaired) electrons. The Morgan fingerprint density at radius 3 is 2.67 bits per heavy atom. The Kier molecular flexibility index (Phi) is 4.22. The molecule has 0 atom stereocenters. The lowest BCUT2D eigenvalue weighted by Gasteiger charge is -2.24. The number of ether oxygens (including phenoxy) is 1. The zero-order valence-corrected chi connectivity index (χ0v) is 14.5. The molecule has 2 aromatic rings. The number of carbonyl (C=O) groups excluding carboxylic acids is 1. The van der Waals surface area contributed by atoms with Gasteiger partial charge in [-0.15, -0.1) is 0 Å².